The van der Waals surface area contributed by atoms with Crippen LogP contribution in [0.4, 0.5) is 0 Å². The lowest BCUT2D eigenvalue weighted by atomic mass is 10.2. The third kappa shape index (κ3) is 12.5. The van der Waals surface area contributed by atoms with Crippen molar-refractivity contribution in [3.63, 3.8) is 0 Å². The Hall–Kier alpha value is 0.460. The highest BCUT2D eigenvalue weighted by Gasteiger charge is 2.12. The van der Waals surface area contributed by atoms with Gasteiger partial charge >= 0.3 is 7.82 Å². The predicted octanol–water partition coefficient (Wildman–Crippen LogP) is 1.98. The molecule has 0 radical (unpaired) electrons. The smallest absolute Gasteiger partial charge is 0.303 e. The van der Waals surface area contributed by atoms with Crippen LogP contribution in [0.3, 0.4) is 0 Å². The molecule has 0 spiro atoms. The average molecular weight is 228 g/mol. The fraction of sp³-hybridized carbons (Fsp3) is 1.00. The molecule has 0 saturated heterocycles. The van der Waals surface area contributed by atoms with E-state index in [1.807, 2.05) is 0 Å². The standard InChI is InChI=1S/C7H17O4PS/c8-12(9,10)11-6-4-2-1-3-5-7-13/h13H,1-7H2,(H2,8,9,10). The molecular weight excluding hydrogens is 211 g/mol. The number of hydrogen-bond acceptors (Lipinski definition) is 3. The minimum atomic E-state index is -4.24. The van der Waals surface area contributed by atoms with E-state index in [1.54, 1.807) is 0 Å². The molecule has 0 amide bonds. The summed E-state index contributed by atoms with van der Waals surface area (Å²) in [5, 5.41) is 0. The Morgan fingerprint density at radius 1 is 1.08 bits per heavy atom. The van der Waals surface area contributed by atoms with Gasteiger partial charge in [-0.25, -0.2) is 4.57 Å². The maximum Gasteiger partial charge on any atom is 0.469 e. The van der Waals surface area contributed by atoms with E-state index < -0.39 is 7.82 Å². The Balaban J connectivity index is 3.04. The van der Waals surface area contributed by atoms with Crippen LogP contribution < -0.4 is 0 Å². The molecule has 0 saturated carbocycles. The highest BCUT2D eigenvalue weighted by Crippen LogP contribution is 2.35. The van der Waals surface area contributed by atoms with Crippen LogP contribution in [0.5, 0.6) is 0 Å². The Kier molecular flexibility index (Phi) is 8.10. The second kappa shape index (κ2) is 7.83. The zero-order chi connectivity index (χ0) is 10.2. The van der Waals surface area contributed by atoms with Gasteiger partial charge in [0, 0.05) is 0 Å². The number of phosphoric ester groups is 1. The molecule has 0 atom stereocenters. The third-order valence-electron chi connectivity index (χ3n) is 1.56. The minimum absolute atomic E-state index is 0.144. The maximum atomic E-state index is 10.2. The van der Waals surface area contributed by atoms with Gasteiger partial charge < -0.3 is 9.79 Å². The van der Waals surface area contributed by atoms with Gasteiger partial charge in [-0.1, -0.05) is 19.3 Å². The fourth-order valence-electron chi connectivity index (χ4n) is 0.928. The SMILES string of the molecule is O=P(O)(O)OCCCCCCCS. The summed E-state index contributed by atoms with van der Waals surface area (Å²) in [5.74, 6) is 0.902. The van der Waals surface area contributed by atoms with Crippen LogP contribution in [0.15, 0.2) is 0 Å². The number of rotatable bonds is 8. The number of thiol groups is 1. The summed E-state index contributed by atoms with van der Waals surface area (Å²) in [7, 11) is -4.24. The molecule has 0 bridgehead atoms. The van der Waals surface area contributed by atoms with Crippen molar-refractivity contribution >= 4 is 20.5 Å². The van der Waals surface area contributed by atoms with Gasteiger partial charge in [0.2, 0.25) is 0 Å². The van der Waals surface area contributed by atoms with Crippen LogP contribution in [-0.2, 0) is 9.09 Å². The van der Waals surface area contributed by atoms with E-state index in [4.69, 9.17) is 9.79 Å². The van der Waals surface area contributed by atoms with Gasteiger partial charge in [-0.2, -0.15) is 12.6 Å². The number of phosphoric acid groups is 1. The Morgan fingerprint density at radius 3 is 2.15 bits per heavy atom. The van der Waals surface area contributed by atoms with Crippen molar-refractivity contribution in [2.75, 3.05) is 12.4 Å². The summed E-state index contributed by atoms with van der Waals surface area (Å²) in [6.45, 7) is 0.144. The van der Waals surface area contributed by atoms with E-state index in [1.165, 1.54) is 0 Å². The van der Waals surface area contributed by atoms with Crippen LogP contribution >= 0.6 is 20.5 Å². The van der Waals surface area contributed by atoms with Crippen molar-refractivity contribution < 1.29 is 18.9 Å². The predicted molar refractivity (Wildman–Crippen MR) is 54.9 cm³/mol. The largest absolute Gasteiger partial charge is 0.469 e. The van der Waals surface area contributed by atoms with Crippen molar-refractivity contribution in [1.29, 1.82) is 0 Å². The lowest BCUT2D eigenvalue weighted by Gasteiger charge is -2.04. The van der Waals surface area contributed by atoms with Gasteiger partial charge in [0.25, 0.3) is 0 Å². The van der Waals surface area contributed by atoms with Gasteiger partial charge in [0.05, 0.1) is 6.61 Å². The molecule has 0 aromatic rings. The van der Waals surface area contributed by atoms with Crippen molar-refractivity contribution in [3.8, 4) is 0 Å². The van der Waals surface area contributed by atoms with Gasteiger partial charge in [-0.15, -0.1) is 0 Å². The van der Waals surface area contributed by atoms with Gasteiger partial charge in [-0.3, -0.25) is 4.52 Å². The second-order valence-corrected chi connectivity index (χ2v) is 4.50. The molecule has 0 aromatic carbocycles. The molecule has 0 fully saturated rings. The van der Waals surface area contributed by atoms with Gasteiger partial charge in [0.15, 0.2) is 0 Å². The Bertz CT molecular complexity index is 159. The first-order chi connectivity index (χ1) is 6.06. The average Bonchev–Trinajstić information content (AvgIpc) is 2.01. The fourth-order valence-corrected chi connectivity index (χ4v) is 1.52. The third-order valence-corrected chi connectivity index (χ3v) is 2.40. The van der Waals surface area contributed by atoms with Crippen LogP contribution in [0.2, 0.25) is 0 Å². The topological polar surface area (TPSA) is 66.8 Å². The summed E-state index contributed by atoms with van der Waals surface area (Å²) in [4.78, 5) is 16.7. The molecule has 80 valence electrons. The van der Waals surface area contributed by atoms with E-state index in [9.17, 15) is 4.57 Å². The van der Waals surface area contributed by atoms with Crippen LogP contribution in [0.1, 0.15) is 32.1 Å². The molecular formula is C7H17O4PS. The minimum Gasteiger partial charge on any atom is -0.303 e. The zero-order valence-corrected chi connectivity index (χ0v) is 9.34. The van der Waals surface area contributed by atoms with Gasteiger partial charge in [-0.05, 0) is 18.6 Å². The van der Waals surface area contributed by atoms with Gasteiger partial charge in [0.1, 0.15) is 0 Å². The molecule has 2 N–H and O–H groups in total. The van der Waals surface area contributed by atoms with Crippen LogP contribution in [-0.4, -0.2) is 22.1 Å². The molecule has 0 aromatic heterocycles. The van der Waals surface area contributed by atoms with E-state index >= 15 is 0 Å². The van der Waals surface area contributed by atoms with Crippen molar-refractivity contribution in [2.45, 2.75) is 32.1 Å². The molecule has 0 heterocycles. The van der Waals surface area contributed by atoms with E-state index in [0.29, 0.717) is 6.42 Å². The molecule has 0 aliphatic heterocycles. The zero-order valence-electron chi connectivity index (χ0n) is 7.56. The molecule has 0 aliphatic carbocycles. The lowest BCUT2D eigenvalue weighted by Crippen LogP contribution is -1.92. The van der Waals surface area contributed by atoms with E-state index in [2.05, 4.69) is 17.2 Å². The van der Waals surface area contributed by atoms with Crippen LogP contribution in [0, 0.1) is 0 Å². The van der Waals surface area contributed by atoms with Crippen LogP contribution in [0.25, 0.3) is 0 Å². The molecule has 4 nitrogen and oxygen atoms in total. The lowest BCUT2D eigenvalue weighted by molar-refractivity contribution is 0.193. The highest BCUT2D eigenvalue weighted by molar-refractivity contribution is 7.80. The summed E-state index contributed by atoms with van der Waals surface area (Å²) in [5.41, 5.74) is 0. The first-order valence-corrected chi connectivity index (χ1v) is 6.53. The summed E-state index contributed by atoms with van der Waals surface area (Å²) >= 11 is 4.07. The number of hydrogen-bond donors (Lipinski definition) is 3. The van der Waals surface area contributed by atoms with Crippen molar-refractivity contribution in [2.24, 2.45) is 0 Å². The first kappa shape index (κ1) is 13.5. The first-order valence-electron chi connectivity index (χ1n) is 4.37. The Morgan fingerprint density at radius 2 is 1.62 bits per heavy atom. The highest BCUT2D eigenvalue weighted by atomic mass is 32.1. The summed E-state index contributed by atoms with van der Waals surface area (Å²) < 4.78 is 14.5. The van der Waals surface area contributed by atoms with Crippen molar-refractivity contribution in [1.82, 2.24) is 0 Å². The molecule has 0 aliphatic rings. The quantitative estimate of drug-likeness (QED) is 0.337. The normalized spacial score (nSPS) is 11.9. The molecule has 0 unspecified atom stereocenters. The second-order valence-electron chi connectivity index (χ2n) is 2.82. The number of unbranched alkanes of at least 4 members (excludes halogenated alkanes) is 4. The maximum absolute atomic E-state index is 10.2. The van der Waals surface area contributed by atoms with E-state index in [-0.39, 0.29) is 6.61 Å². The molecule has 13 heavy (non-hydrogen) atoms. The summed E-state index contributed by atoms with van der Waals surface area (Å²) in [6.07, 6.45) is 4.96. The molecule has 6 heteroatoms. The monoisotopic (exact) mass is 228 g/mol. The van der Waals surface area contributed by atoms with Crippen molar-refractivity contribution in [3.05, 3.63) is 0 Å². The summed E-state index contributed by atoms with van der Waals surface area (Å²) in [6, 6.07) is 0. The molecule has 0 rings (SSSR count). The Labute approximate surface area is 84.3 Å². The van der Waals surface area contributed by atoms with E-state index in [0.717, 1.165) is 31.4 Å².